The van der Waals surface area contributed by atoms with Gasteiger partial charge < -0.3 is 0 Å². The molecule has 0 fully saturated rings. The third-order valence-corrected chi connectivity index (χ3v) is 4.46. The van der Waals surface area contributed by atoms with E-state index in [1.807, 2.05) is 48.5 Å². The second-order valence-electron chi connectivity index (χ2n) is 6.44. The maximum atomic E-state index is 4.68. The average molecular weight is 389 g/mol. The van der Waals surface area contributed by atoms with E-state index < -0.39 is 0 Å². The molecule has 3 heterocycles. The van der Waals surface area contributed by atoms with E-state index in [1.165, 1.54) is 6.33 Å². The Morgan fingerprint density at radius 3 is 1.23 bits per heavy atom. The van der Waals surface area contributed by atoms with E-state index in [0.717, 1.165) is 22.3 Å². The van der Waals surface area contributed by atoms with Gasteiger partial charge in [-0.1, -0.05) is 36.4 Å². The third-order valence-electron chi connectivity index (χ3n) is 4.46. The molecule has 3 aromatic heterocycles. The van der Waals surface area contributed by atoms with Crippen LogP contribution in [0.1, 0.15) is 0 Å². The van der Waals surface area contributed by atoms with Gasteiger partial charge in [-0.15, -0.1) is 0 Å². The minimum absolute atomic E-state index is 0.583. The normalized spacial score (nSPS) is 10.7. The lowest BCUT2D eigenvalue weighted by molar-refractivity contribution is 1.06. The molecule has 0 unspecified atom stereocenters. The molecule has 0 aliphatic rings. The minimum Gasteiger partial charge on any atom is -0.237 e. The first-order chi connectivity index (χ1) is 14.9. The second kappa shape index (κ2) is 7.92. The number of rotatable bonds is 4. The molecule has 0 aliphatic carbocycles. The molecule has 0 atom stereocenters. The molecule has 142 valence electrons. The maximum absolute atomic E-state index is 4.68. The van der Waals surface area contributed by atoms with Crippen LogP contribution in [0.4, 0.5) is 0 Å². The zero-order valence-electron chi connectivity index (χ0n) is 15.8. The van der Waals surface area contributed by atoms with Crippen LogP contribution in [0.25, 0.3) is 45.6 Å². The Morgan fingerprint density at radius 2 is 0.800 bits per heavy atom. The Kier molecular flexibility index (Phi) is 4.67. The highest BCUT2D eigenvalue weighted by Crippen LogP contribution is 2.25. The summed E-state index contributed by atoms with van der Waals surface area (Å²) in [5.74, 6) is 2.48. The van der Waals surface area contributed by atoms with Gasteiger partial charge in [-0.2, -0.15) is 0 Å². The number of hydrogen-bond acceptors (Lipinski definition) is 7. The van der Waals surface area contributed by atoms with Gasteiger partial charge in [0, 0.05) is 47.0 Å². The predicted molar refractivity (Wildman–Crippen MR) is 113 cm³/mol. The Bertz CT molecular complexity index is 1190. The second-order valence-corrected chi connectivity index (χ2v) is 6.44. The fourth-order valence-corrected chi connectivity index (χ4v) is 3.07. The fraction of sp³-hybridized carbons (Fsp3) is 0. The van der Waals surface area contributed by atoms with E-state index in [0.29, 0.717) is 23.3 Å². The van der Waals surface area contributed by atoms with Crippen molar-refractivity contribution in [1.29, 1.82) is 0 Å². The zero-order valence-corrected chi connectivity index (χ0v) is 15.8. The zero-order chi connectivity index (χ0) is 20.2. The highest BCUT2D eigenvalue weighted by molar-refractivity contribution is 5.69. The maximum Gasteiger partial charge on any atom is 0.163 e. The van der Waals surface area contributed by atoms with Crippen LogP contribution in [0.5, 0.6) is 0 Å². The first-order valence-corrected chi connectivity index (χ1v) is 9.31. The summed E-state index contributed by atoms with van der Waals surface area (Å²) >= 11 is 0. The summed E-state index contributed by atoms with van der Waals surface area (Å²) in [4.78, 5) is 30.6. The Labute approximate surface area is 172 Å². The molecule has 7 heteroatoms. The Balaban J connectivity index is 1.52. The quantitative estimate of drug-likeness (QED) is 0.457. The first kappa shape index (κ1) is 17.7. The Hall–Kier alpha value is -4.39. The molecule has 0 N–H and O–H groups in total. The highest BCUT2D eigenvalue weighted by Gasteiger charge is 2.10. The van der Waals surface area contributed by atoms with Gasteiger partial charge in [-0.25, -0.2) is 34.9 Å². The minimum atomic E-state index is 0.583. The summed E-state index contributed by atoms with van der Waals surface area (Å²) in [6.45, 7) is 0. The summed E-state index contributed by atoms with van der Waals surface area (Å²) in [6, 6.07) is 19.3. The molecule has 2 aromatic carbocycles. The molecule has 0 saturated heterocycles. The van der Waals surface area contributed by atoms with Crippen LogP contribution in [0.15, 0.2) is 91.8 Å². The van der Waals surface area contributed by atoms with Crippen LogP contribution in [-0.4, -0.2) is 34.9 Å². The van der Waals surface area contributed by atoms with E-state index in [4.69, 9.17) is 0 Å². The van der Waals surface area contributed by atoms with Gasteiger partial charge in [0.1, 0.15) is 6.33 Å². The topological polar surface area (TPSA) is 90.2 Å². The van der Waals surface area contributed by atoms with Gasteiger partial charge in [-0.05, 0) is 24.3 Å². The lowest BCUT2D eigenvalue weighted by Crippen LogP contribution is -1.96. The van der Waals surface area contributed by atoms with E-state index in [1.54, 1.807) is 36.9 Å². The largest absolute Gasteiger partial charge is 0.237 e. The number of benzene rings is 2. The van der Waals surface area contributed by atoms with Crippen molar-refractivity contribution < 1.29 is 0 Å². The predicted octanol–water partition coefficient (Wildman–Crippen LogP) is 4.12. The molecular formula is C23H15N7. The van der Waals surface area contributed by atoms with Crippen molar-refractivity contribution in [2.24, 2.45) is 0 Å². The van der Waals surface area contributed by atoms with E-state index in [2.05, 4.69) is 34.9 Å². The van der Waals surface area contributed by atoms with Crippen molar-refractivity contribution >= 4 is 0 Å². The lowest BCUT2D eigenvalue weighted by Gasteiger charge is -2.06. The van der Waals surface area contributed by atoms with Gasteiger partial charge in [0.2, 0.25) is 0 Å². The van der Waals surface area contributed by atoms with Crippen molar-refractivity contribution in [2.45, 2.75) is 0 Å². The summed E-state index contributed by atoms with van der Waals surface area (Å²) in [5, 5.41) is 0. The summed E-state index contributed by atoms with van der Waals surface area (Å²) < 4.78 is 0. The monoisotopic (exact) mass is 389 g/mol. The molecule has 0 amide bonds. The average Bonchev–Trinajstić information content (AvgIpc) is 2.85. The van der Waals surface area contributed by atoms with Crippen LogP contribution >= 0.6 is 0 Å². The van der Waals surface area contributed by atoms with Gasteiger partial charge in [0.15, 0.2) is 23.3 Å². The van der Waals surface area contributed by atoms with E-state index >= 15 is 0 Å². The van der Waals surface area contributed by atoms with Gasteiger partial charge in [0.05, 0.1) is 0 Å². The standard InChI is InChI=1S/C23H15N7/c1-5-16(20-24-9-3-10-25-20)13-18(7-1)22-28-15-29-23(30-22)19-8-2-6-17(14-19)21-26-11-4-12-27-21/h1-15H. The van der Waals surface area contributed by atoms with Crippen LogP contribution in [0.2, 0.25) is 0 Å². The van der Waals surface area contributed by atoms with Crippen LogP contribution in [-0.2, 0) is 0 Å². The third kappa shape index (κ3) is 3.64. The van der Waals surface area contributed by atoms with Crippen molar-refractivity contribution in [1.82, 2.24) is 34.9 Å². The molecule has 30 heavy (non-hydrogen) atoms. The summed E-state index contributed by atoms with van der Waals surface area (Å²) in [6.07, 6.45) is 8.41. The van der Waals surface area contributed by atoms with E-state index in [9.17, 15) is 0 Å². The van der Waals surface area contributed by atoms with Gasteiger partial charge >= 0.3 is 0 Å². The smallest absolute Gasteiger partial charge is 0.163 e. The van der Waals surface area contributed by atoms with Crippen molar-refractivity contribution in [3.8, 4) is 45.6 Å². The SMILES string of the molecule is c1cnc(-c2cccc(-c3ncnc(-c4cccc(-c5ncccn5)c4)n3)c2)nc1. The molecule has 0 aliphatic heterocycles. The van der Waals surface area contributed by atoms with Crippen molar-refractivity contribution in [3.63, 3.8) is 0 Å². The van der Waals surface area contributed by atoms with Crippen LogP contribution in [0, 0.1) is 0 Å². The van der Waals surface area contributed by atoms with E-state index in [-0.39, 0.29) is 0 Å². The molecule has 0 spiro atoms. The van der Waals surface area contributed by atoms with Crippen LogP contribution < -0.4 is 0 Å². The number of aromatic nitrogens is 7. The lowest BCUT2D eigenvalue weighted by atomic mass is 10.1. The van der Waals surface area contributed by atoms with Gasteiger partial charge in [-0.3, -0.25) is 0 Å². The number of nitrogens with zero attached hydrogens (tertiary/aromatic N) is 7. The van der Waals surface area contributed by atoms with Crippen molar-refractivity contribution in [3.05, 3.63) is 91.8 Å². The summed E-state index contributed by atoms with van der Waals surface area (Å²) in [7, 11) is 0. The Morgan fingerprint density at radius 1 is 0.400 bits per heavy atom. The molecule has 5 rings (SSSR count). The first-order valence-electron chi connectivity index (χ1n) is 9.31. The molecule has 7 nitrogen and oxygen atoms in total. The highest BCUT2D eigenvalue weighted by atomic mass is 15.0. The molecule has 0 bridgehead atoms. The molecule has 5 aromatic rings. The number of hydrogen-bond donors (Lipinski definition) is 0. The van der Waals surface area contributed by atoms with Crippen molar-refractivity contribution in [2.75, 3.05) is 0 Å². The summed E-state index contributed by atoms with van der Waals surface area (Å²) in [5.41, 5.74) is 3.54. The molecule has 0 saturated carbocycles. The fourth-order valence-electron chi connectivity index (χ4n) is 3.07. The van der Waals surface area contributed by atoms with Crippen LogP contribution in [0.3, 0.4) is 0 Å². The van der Waals surface area contributed by atoms with Gasteiger partial charge in [0.25, 0.3) is 0 Å². The molecular weight excluding hydrogens is 374 g/mol. The molecule has 0 radical (unpaired) electrons.